The predicted molar refractivity (Wildman–Crippen MR) is 276 cm³/mol. The van der Waals surface area contributed by atoms with Crippen LogP contribution in [0.25, 0.3) is 0 Å². The third kappa shape index (κ3) is 34.3. The van der Waals surface area contributed by atoms with Crippen molar-refractivity contribution in [1.29, 1.82) is 0 Å². The molecule has 0 radical (unpaired) electrons. The molecule has 2 aliphatic heterocycles. The smallest absolute Gasteiger partial charge is 0.755 e. The Morgan fingerprint density at radius 2 is 1.12 bits per heavy atom. The van der Waals surface area contributed by atoms with Crippen molar-refractivity contribution in [3.8, 4) is 0 Å². The zero-order valence-electron chi connectivity index (χ0n) is 44.7. The molecule has 0 aromatic carbocycles. The van der Waals surface area contributed by atoms with E-state index in [4.69, 9.17) is 14.0 Å². The molecule has 0 aromatic rings. The summed E-state index contributed by atoms with van der Waals surface area (Å²) in [7, 11) is -5.08. The van der Waals surface area contributed by atoms with Crippen LogP contribution in [0.3, 0.4) is 0 Å². The second kappa shape index (κ2) is 43.9. The van der Waals surface area contributed by atoms with E-state index in [1.807, 2.05) is 5.48 Å². The number of hydrogen-bond donors (Lipinski definition) is 4. The topological polar surface area (TPSA) is 239 Å². The molecular weight excluding hydrogens is 959 g/mol. The van der Waals surface area contributed by atoms with Gasteiger partial charge >= 0.3 is 42.9 Å². The fourth-order valence-corrected chi connectivity index (χ4v) is 11.2. The second-order valence-electron chi connectivity index (χ2n) is 19.6. The van der Waals surface area contributed by atoms with Crippen molar-refractivity contribution in [2.75, 3.05) is 25.5 Å². The van der Waals surface area contributed by atoms with Gasteiger partial charge in [0.15, 0.2) is 6.10 Å². The molecule has 2 rings (SSSR count). The Morgan fingerprint density at radius 3 is 1.65 bits per heavy atom. The number of phosphoric acid groups is 1. The number of carboxylic acid groups (broad SMARTS) is 1. The number of phosphoric ester groups is 1. The molecule has 2 aliphatic rings. The molecule has 5 atom stereocenters. The van der Waals surface area contributed by atoms with E-state index in [2.05, 4.69) is 29.1 Å². The maximum absolute atomic E-state index is 12.8. The van der Waals surface area contributed by atoms with E-state index in [0.717, 1.165) is 56.3 Å². The number of unbranched alkanes of at least 4 members (excludes halogenated alkanes) is 27. The molecule has 0 aromatic heterocycles. The van der Waals surface area contributed by atoms with Crippen LogP contribution in [0.15, 0.2) is 0 Å². The molecule has 0 aliphatic carbocycles. The first-order chi connectivity index (χ1) is 34.4. The fraction of sp³-hybridized carbons (Fsp3) is 0.885. The summed E-state index contributed by atoms with van der Waals surface area (Å²) in [6, 6.07) is -1.15. The average molecular weight is 1050 g/mol. The van der Waals surface area contributed by atoms with Gasteiger partial charge in [-0.15, -0.1) is 0 Å². The number of fused-ring (bicyclic) bond motifs is 1. The summed E-state index contributed by atoms with van der Waals surface area (Å²) < 4.78 is 33.1. The van der Waals surface area contributed by atoms with Crippen LogP contribution in [-0.4, -0.2) is 94.8 Å². The Bertz CT molecular complexity index is 1540. The van der Waals surface area contributed by atoms with Gasteiger partial charge in [0.25, 0.3) is 7.82 Å². The molecule has 0 bridgehead atoms. The number of nitrogens with zero attached hydrogens (tertiary/aromatic N) is 1. The van der Waals surface area contributed by atoms with Gasteiger partial charge in [0, 0.05) is 43.2 Å². The van der Waals surface area contributed by atoms with Crippen molar-refractivity contribution < 1.29 is 80.8 Å². The Hall–Kier alpha value is -2.32. The van der Waals surface area contributed by atoms with E-state index >= 15 is 0 Å². The number of hydrogen-bond acceptors (Lipinski definition) is 13. The molecule has 2 fully saturated rings. The first-order valence-electron chi connectivity index (χ1n) is 27.9. The van der Waals surface area contributed by atoms with E-state index < -0.39 is 50.5 Å². The van der Waals surface area contributed by atoms with Crippen LogP contribution >= 0.6 is 19.6 Å². The van der Waals surface area contributed by atoms with E-state index in [1.165, 1.54) is 116 Å². The molecule has 2 saturated heterocycles. The summed E-state index contributed by atoms with van der Waals surface area (Å²) in [6.45, 7) is 3.84. The van der Waals surface area contributed by atoms with Crippen LogP contribution in [0.1, 0.15) is 245 Å². The number of ether oxygens (including phenoxy) is 2. The van der Waals surface area contributed by atoms with Crippen molar-refractivity contribution in [1.82, 2.24) is 21.0 Å². The molecule has 2 heterocycles. The number of esters is 2. The van der Waals surface area contributed by atoms with Crippen molar-refractivity contribution in [2.45, 2.75) is 268 Å². The molecule has 72 heavy (non-hydrogen) atoms. The summed E-state index contributed by atoms with van der Waals surface area (Å²) in [4.78, 5) is 86.9. The predicted octanol–water partition coefficient (Wildman–Crippen LogP) is 8.73. The maximum atomic E-state index is 12.8. The van der Waals surface area contributed by atoms with Crippen molar-refractivity contribution in [2.24, 2.45) is 0 Å². The van der Waals surface area contributed by atoms with Gasteiger partial charge in [0.2, 0.25) is 11.8 Å². The third-order valence-electron chi connectivity index (χ3n) is 13.3. The quantitative estimate of drug-likeness (QED) is 0.0111. The molecule has 0 saturated carbocycles. The van der Waals surface area contributed by atoms with Gasteiger partial charge in [0.05, 0.1) is 18.7 Å². The second-order valence-corrected chi connectivity index (χ2v) is 22.2. The monoisotopic (exact) mass is 1050 g/mol. The molecular formula is C52H94LiN4O13PS. The molecule has 3 unspecified atom stereocenters. The van der Waals surface area contributed by atoms with Gasteiger partial charge in [0.1, 0.15) is 6.61 Å². The van der Waals surface area contributed by atoms with Gasteiger partial charge in [-0.2, -0.15) is 11.8 Å². The normalized spacial score (nSPS) is 17.3. The fourth-order valence-electron chi connectivity index (χ4n) is 9.04. The molecule has 20 heteroatoms. The van der Waals surface area contributed by atoms with Crippen molar-refractivity contribution in [3.05, 3.63) is 0 Å². The summed E-state index contributed by atoms with van der Waals surface area (Å²) >= 11 is 1.64. The average Bonchev–Trinajstić information content (AvgIpc) is 3.89. The standard InChI is InChI=1S/C52H95N4O13PS.Li/c1-3-5-7-9-11-13-15-17-19-21-23-25-29-37-48(59)66-40-43(68-49(60)38-30-26-24-22-20-18-16-14-12-10-8-6-4-2)41-67-70(64,65)69-55-47(58)36-28-27-33-39-53-46(57)35-32-31-34-45-50-44(42-71-45)56(52(62)63)51(61)54-50;/h43-45,50H,3-42H2,1-2H3,(H,53,57)(H,54,61)(H,55,58)(H,62,63)(H,64,65);/q;+1/p-1/t43?,44-,45?,50-;/m0./s1. The largest absolute Gasteiger partial charge is 1.00 e. The van der Waals surface area contributed by atoms with Gasteiger partial charge < -0.3 is 34.6 Å². The van der Waals surface area contributed by atoms with Crippen LogP contribution in [0.5, 0.6) is 0 Å². The maximum Gasteiger partial charge on any atom is 1.00 e. The number of urea groups is 1. The Balaban J connectivity index is 0.0000259. The van der Waals surface area contributed by atoms with Crippen LogP contribution in [0.2, 0.25) is 0 Å². The van der Waals surface area contributed by atoms with E-state index in [1.54, 1.807) is 11.8 Å². The van der Waals surface area contributed by atoms with Gasteiger partial charge in [-0.05, 0) is 38.5 Å². The Labute approximate surface area is 449 Å². The van der Waals surface area contributed by atoms with Gasteiger partial charge in [-0.1, -0.05) is 181 Å². The molecule has 0 spiro atoms. The number of thioether (sulfide) groups is 1. The number of hydroxylamine groups is 1. The summed E-state index contributed by atoms with van der Waals surface area (Å²) in [5, 5.41) is 15.0. The minimum Gasteiger partial charge on any atom is -0.755 e. The van der Waals surface area contributed by atoms with Crippen LogP contribution in [0.4, 0.5) is 9.59 Å². The van der Waals surface area contributed by atoms with E-state index in [0.29, 0.717) is 57.2 Å². The zero-order chi connectivity index (χ0) is 51.8. The first kappa shape index (κ1) is 67.7. The van der Waals surface area contributed by atoms with E-state index in [9.17, 15) is 43.3 Å². The van der Waals surface area contributed by atoms with Crippen LogP contribution in [-0.2, 0) is 42.4 Å². The number of nitrogens with one attached hydrogen (secondary N) is 3. The minimum atomic E-state index is -5.08. The number of amides is 5. The molecule has 4 N–H and O–H groups in total. The van der Waals surface area contributed by atoms with E-state index in [-0.39, 0.29) is 68.0 Å². The van der Waals surface area contributed by atoms with Crippen LogP contribution in [0, 0.1) is 0 Å². The van der Waals surface area contributed by atoms with Crippen molar-refractivity contribution >= 4 is 55.5 Å². The van der Waals surface area contributed by atoms with Gasteiger partial charge in [-0.25, -0.2) is 24.6 Å². The number of rotatable bonds is 47. The summed E-state index contributed by atoms with van der Waals surface area (Å²) in [6.07, 6.45) is 32.5. The number of carbonyl (C=O) groups is 6. The SMILES string of the molecule is CCCCCCCCCCCCCCCC(=O)OCC(COP(=O)([O-])ONC(=O)CCCCCNC(=O)CCCCC1SC[C@H]2[C@@H]1NC(=O)N2C(=O)O)OC(=O)CCCCCCCCCCCCCCC.[Li+]. The third-order valence-corrected chi connectivity index (χ3v) is 15.5. The summed E-state index contributed by atoms with van der Waals surface area (Å²) in [5.74, 6) is -1.23. The Kier molecular flexibility index (Phi) is 41.2. The number of imide groups is 1. The van der Waals surface area contributed by atoms with Crippen LogP contribution < -0.4 is 39.9 Å². The molecule has 17 nitrogen and oxygen atoms in total. The zero-order valence-corrected chi connectivity index (χ0v) is 46.5. The van der Waals surface area contributed by atoms with Crippen molar-refractivity contribution in [3.63, 3.8) is 0 Å². The minimum absolute atomic E-state index is 0. The molecule has 412 valence electrons. The molecule has 5 amide bonds. The number of carbonyl (C=O) groups excluding carboxylic acids is 5. The van der Waals surface area contributed by atoms with Gasteiger partial charge in [-0.3, -0.25) is 23.7 Å². The Morgan fingerprint density at radius 1 is 0.667 bits per heavy atom. The first-order valence-corrected chi connectivity index (χ1v) is 30.4. The summed E-state index contributed by atoms with van der Waals surface area (Å²) in [5.41, 5.74) is 1.89.